The van der Waals surface area contributed by atoms with Crippen LogP contribution in [0.2, 0.25) is 0 Å². The van der Waals surface area contributed by atoms with Gasteiger partial charge in [-0.2, -0.15) is 0 Å². The number of rotatable bonds is 5. The van der Waals surface area contributed by atoms with E-state index in [2.05, 4.69) is 32.2 Å². The van der Waals surface area contributed by atoms with Gasteiger partial charge in [0, 0.05) is 23.8 Å². The summed E-state index contributed by atoms with van der Waals surface area (Å²) in [5.41, 5.74) is 10.1. The second-order valence-corrected chi connectivity index (χ2v) is 10.8. The summed E-state index contributed by atoms with van der Waals surface area (Å²) in [6.07, 6.45) is 0.472. The summed E-state index contributed by atoms with van der Waals surface area (Å²) in [5.74, 6) is -1.23. The third kappa shape index (κ3) is 5.39. The SMILES string of the molecule is Cc1cccc(F)c1C(=O)N1CCCC([C@@H](O)Nc2cccc(C(C)(C)C)c2)C1c1cccc(N)c1. The predicted octanol–water partition coefficient (Wildman–Crippen LogP) is 6.04. The van der Waals surface area contributed by atoms with Gasteiger partial charge in [0.05, 0.1) is 11.6 Å². The first-order valence-electron chi connectivity index (χ1n) is 12.5. The van der Waals surface area contributed by atoms with Gasteiger partial charge in [0.25, 0.3) is 5.91 Å². The molecule has 0 saturated carbocycles. The van der Waals surface area contributed by atoms with Crippen molar-refractivity contribution < 1.29 is 14.3 Å². The maximum absolute atomic E-state index is 14.8. The average molecular weight is 490 g/mol. The molecule has 0 radical (unpaired) electrons. The fourth-order valence-corrected chi connectivity index (χ4v) is 5.15. The van der Waals surface area contributed by atoms with Gasteiger partial charge in [-0.3, -0.25) is 4.79 Å². The van der Waals surface area contributed by atoms with Gasteiger partial charge in [0.15, 0.2) is 0 Å². The molecule has 1 saturated heterocycles. The van der Waals surface area contributed by atoms with E-state index >= 15 is 0 Å². The molecule has 4 rings (SSSR count). The Kier molecular flexibility index (Phi) is 7.36. The summed E-state index contributed by atoms with van der Waals surface area (Å²) >= 11 is 0. The number of carbonyl (C=O) groups excluding carboxylic acids is 1. The molecule has 3 atom stereocenters. The van der Waals surface area contributed by atoms with Gasteiger partial charge < -0.3 is 21.1 Å². The van der Waals surface area contributed by atoms with Crippen molar-refractivity contribution in [2.24, 2.45) is 5.92 Å². The van der Waals surface area contributed by atoms with Gasteiger partial charge in [0.2, 0.25) is 0 Å². The van der Waals surface area contributed by atoms with Crippen molar-refractivity contribution in [2.75, 3.05) is 17.6 Å². The van der Waals surface area contributed by atoms with Crippen molar-refractivity contribution in [3.8, 4) is 0 Å². The van der Waals surface area contributed by atoms with Crippen LogP contribution in [0.3, 0.4) is 0 Å². The molecule has 0 spiro atoms. The first-order valence-corrected chi connectivity index (χ1v) is 12.5. The minimum atomic E-state index is -0.927. The van der Waals surface area contributed by atoms with E-state index in [9.17, 15) is 14.3 Å². The number of nitrogens with one attached hydrogen (secondary N) is 1. The van der Waals surface area contributed by atoms with Crippen LogP contribution in [0.1, 0.15) is 66.7 Å². The average Bonchev–Trinajstić information content (AvgIpc) is 2.83. The van der Waals surface area contributed by atoms with E-state index in [1.54, 1.807) is 30.0 Å². The molecule has 6 heteroatoms. The molecule has 0 aromatic heterocycles. The summed E-state index contributed by atoms with van der Waals surface area (Å²) in [5, 5.41) is 14.7. The molecule has 2 unspecified atom stereocenters. The molecule has 5 nitrogen and oxygen atoms in total. The minimum absolute atomic E-state index is 0.0293. The van der Waals surface area contributed by atoms with Crippen molar-refractivity contribution in [3.05, 3.63) is 94.8 Å². The standard InChI is InChI=1S/C30H36FN3O2/c1-19-9-5-15-25(31)26(19)29(36)34-16-8-14-24(27(34)20-10-6-12-22(32)17-20)28(35)33-23-13-7-11-21(18-23)30(2,3)4/h5-7,9-13,15,17-18,24,27-28,33,35H,8,14,16,32H2,1-4H3/t24?,27?,28-/m1/s1. The number of carbonyl (C=O) groups is 1. The second kappa shape index (κ2) is 10.3. The van der Waals surface area contributed by atoms with E-state index in [0.29, 0.717) is 30.6 Å². The summed E-state index contributed by atoms with van der Waals surface area (Å²) < 4.78 is 14.8. The lowest BCUT2D eigenvalue weighted by Gasteiger charge is -2.44. The Hall–Kier alpha value is -3.38. The molecule has 1 amide bonds. The smallest absolute Gasteiger partial charge is 0.257 e. The Bertz CT molecular complexity index is 1220. The minimum Gasteiger partial charge on any atom is -0.399 e. The molecule has 4 N–H and O–H groups in total. The topological polar surface area (TPSA) is 78.6 Å². The summed E-state index contributed by atoms with van der Waals surface area (Å²) in [4.78, 5) is 15.4. The number of nitrogen functional groups attached to an aromatic ring is 1. The number of hydrogen-bond donors (Lipinski definition) is 3. The predicted molar refractivity (Wildman–Crippen MR) is 143 cm³/mol. The van der Waals surface area contributed by atoms with Gasteiger partial charge >= 0.3 is 0 Å². The van der Waals surface area contributed by atoms with E-state index in [1.165, 1.54) is 6.07 Å². The van der Waals surface area contributed by atoms with Crippen molar-refractivity contribution in [1.29, 1.82) is 0 Å². The third-order valence-corrected chi connectivity index (χ3v) is 7.08. The second-order valence-electron chi connectivity index (χ2n) is 10.8. The lowest BCUT2D eigenvalue weighted by molar-refractivity contribution is 0.0158. The summed E-state index contributed by atoms with van der Waals surface area (Å²) in [6, 6.07) is 19.6. The normalized spacial score (nSPS) is 19.1. The highest BCUT2D eigenvalue weighted by molar-refractivity contribution is 5.96. The summed E-state index contributed by atoms with van der Waals surface area (Å²) in [6.45, 7) is 8.65. The number of halogens is 1. The highest BCUT2D eigenvalue weighted by atomic mass is 19.1. The van der Waals surface area contributed by atoms with Crippen LogP contribution in [0.25, 0.3) is 0 Å². The Morgan fingerprint density at radius 3 is 2.53 bits per heavy atom. The number of nitrogens with zero attached hydrogens (tertiary/aromatic N) is 1. The van der Waals surface area contributed by atoms with Crippen LogP contribution in [0.4, 0.5) is 15.8 Å². The number of aliphatic hydroxyl groups excluding tert-OH is 1. The summed E-state index contributed by atoms with van der Waals surface area (Å²) in [7, 11) is 0. The number of benzene rings is 3. The van der Waals surface area contributed by atoms with Gasteiger partial charge in [-0.15, -0.1) is 0 Å². The molecule has 0 bridgehead atoms. The van der Waals surface area contributed by atoms with Crippen LogP contribution in [0, 0.1) is 18.7 Å². The number of hydrogen-bond acceptors (Lipinski definition) is 4. The zero-order chi connectivity index (χ0) is 26.0. The zero-order valence-corrected chi connectivity index (χ0v) is 21.5. The van der Waals surface area contributed by atoms with Crippen molar-refractivity contribution in [3.63, 3.8) is 0 Å². The van der Waals surface area contributed by atoms with Crippen LogP contribution in [-0.2, 0) is 5.41 Å². The lowest BCUT2D eigenvalue weighted by Crippen LogP contribution is -2.48. The van der Waals surface area contributed by atoms with Gasteiger partial charge in [-0.1, -0.05) is 57.2 Å². The molecule has 1 aliphatic rings. The van der Waals surface area contributed by atoms with Crippen LogP contribution < -0.4 is 11.1 Å². The van der Waals surface area contributed by atoms with E-state index in [-0.39, 0.29) is 22.8 Å². The van der Waals surface area contributed by atoms with Gasteiger partial charge in [-0.25, -0.2) is 4.39 Å². The van der Waals surface area contributed by atoms with Crippen LogP contribution >= 0.6 is 0 Å². The van der Waals surface area contributed by atoms with Crippen molar-refractivity contribution in [2.45, 2.75) is 58.2 Å². The number of aryl methyl sites for hydroxylation is 1. The maximum Gasteiger partial charge on any atom is 0.257 e. The number of amides is 1. The Balaban J connectivity index is 1.70. The van der Waals surface area contributed by atoms with Gasteiger partial charge in [0.1, 0.15) is 12.0 Å². The first-order chi connectivity index (χ1) is 17.1. The molecule has 190 valence electrons. The largest absolute Gasteiger partial charge is 0.399 e. The fourth-order valence-electron chi connectivity index (χ4n) is 5.15. The molecule has 0 aliphatic carbocycles. The zero-order valence-electron chi connectivity index (χ0n) is 21.5. The highest BCUT2D eigenvalue weighted by Gasteiger charge is 2.40. The van der Waals surface area contributed by atoms with Crippen LogP contribution in [0.5, 0.6) is 0 Å². The molecule has 1 aliphatic heterocycles. The number of nitrogens with two attached hydrogens (primary N) is 1. The number of aliphatic hydroxyl groups is 1. The quantitative estimate of drug-likeness (QED) is 0.302. The van der Waals surface area contributed by atoms with Crippen LogP contribution in [0.15, 0.2) is 66.7 Å². The number of anilines is 2. The molecule has 3 aromatic carbocycles. The number of likely N-dealkylation sites (tertiary alicyclic amines) is 1. The molecule has 3 aromatic rings. The fraction of sp³-hybridized carbons (Fsp3) is 0.367. The maximum atomic E-state index is 14.8. The lowest BCUT2D eigenvalue weighted by atomic mass is 9.82. The van der Waals surface area contributed by atoms with Crippen molar-refractivity contribution >= 4 is 17.3 Å². The third-order valence-electron chi connectivity index (χ3n) is 7.08. The Labute approximate surface area is 213 Å². The van der Waals surface area contributed by atoms with E-state index in [0.717, 1.165) is 16.8 Å². The Morgan fingerprint density at radius 1 is 1.11 bits per heavy atom. The molecular formula is C30H36FN3O2. The van der Waals surface area contributed by atoms with Crippen molar-refractivity contribution in [1.82, 2.24) is 4.90 Å². The van der Waals surface area contributed by atoms with Crippen LogP contribution in [-0.4, -0.2) is 28.7 Å². The Morgan fingerprint density at radius 2 is 1.83 bits per heavy atom. The van der Waals surface area contributed by atoms with E-state index in [4.69, 9.17) is 5.73 Å². The molecule has 1 heterocycles. The van der Waals surface area contributed by atoms with Gasteiger partial charge in [-0.05, 0) is 72.2 Å². The number of piperidine rings is 1. The highest BCUT2D eigenvalue weighted by Crippen LogP contribution is 2.40. The van der Waals surface area contributed by atoms with E-state index in [1.807, 2.05) is 36.4 Å². The molecular weight excluding hydrogens is 453 g/mol. The monoisotopic (exact) mass is 489 g/mol. The van der Waals surface area contributed by atoms with E-state index < -0.39 is 18.1 Å². The molecule has 36 heavy (non-hydrogen) atoms. The first kappa shape index (κ1) is 25.7. The molecule has 1 fully saturated rings.